The Morgan fingerprint density at radius 3 is 1.77 bits per heavy atom. The molecule has 2 aliphatic carbocycles. The fourth-order valence-corrected chi connectivity index (χ4v) is 7.31. The van der Waals surface area contributed by atoms with Crippen LogP contribution in [0.4, 0.5) is 26.3 Å². The molecular weight excluding hydrogens is 622 g/mol. The molecule has 0 bridgehead atoms. The molecule has 252 valence electrons. The Balaban J connectivity index is 1.02. The van der Waals surface area contributed by atoms with Crippen LogP contribution in [0, 0.1) is 40.8 Å². The molecule has 0 aromatic heterocycles. The van der Waals surface area contributed by atoms with E-state index in [1.54, 1.807) is 0 Å². The van der Waals surface area contributed by atoms with Crippen molar-refractivity contribution in [3.8, 4) is 11.1 Å². The zero-order valence-electron chi connectivity index (χ0n) is 26.1. The van der Waals surface area contributed by atoms with Gasteiger partial charge in [-0.25, -0.2) is 26.3 Å². The molecule has 1 saturated heterocycles. The van der Waals surface area contributed by atoms with Gasteiger partial charge in [-0.3, -0.25) is 4.79 Å². The second-order valence-corrected chi connectivity index (χ2v) is 13.1. The number of ether oxygens (including phenoxy) is 2. The van der Waals surface area contributed by atoms with Gasteiger partial charge in [-0.1, -0.05) is 49.7 Å². The molecular formula is C37H38F6O4. The molecule has 3 fully saturated rings. The first-order valence-electron chi connectivity index (χ1n) is 16.5. The minimum Gasteiger partial charge on any atom is -0.462 e. The van der Waals surface area contributed by atoms with Gasteiger partial charge in [-0.05, 0) is 80.8 Å². The summed E-state index contributed by atoms with van der Waals surface area (Å²) in [6.45, 7) is 2.13. The lowest BCUT2D eigenvalue weighted by Crippen LogP contribution is -2.30. The van der Waals surface area contributed by atoms with Crippen molar-refractivity contribution in [1.29, 1.82) is 0 Å². The number of halogens is 6. The van der Waals surface area contributed by atoms with Crippen molar-refractivity contribution in [2.24, 2.45) is 5.92 Å². The summed E-state index contributed by atoms with van der Waals surface area (Å²) >= 11 is 0. The highest BCUT2D eigenvalue weighted by atomic mass is 19.2. The van der Waals surface area contributed by atoms with Crippen molar-refractivity contribution in [1.82, 2.24) is 0 Å². The Morgan fingerprint density at radius 2 is 1.21 bits per heavy atom. The maximum Gasteiger partial charge on any atom is 0.309 e. The maximum absolute atomic E-state index is 15.3. The topological polar surface area (TPSA) is 59.1 Å². The van der Waals surface area contributed by atoms with Crippen LogP contribution in [0.25, 0.3) is 11.1 Å². The number of carbonyl (C=O) groups is 1. The predicted molar refractivity (Wildman–Crippen MR) is 162 cm³/mol. The van der Waals surface area contributed by atoms with Crippen molar-refractivity contribution in [3.05, 3.63) is 93.6 Å². The van der Waals surface area contributed by atoms with Gasteiger partial charge >= 0.3 is 5.97 Å². The van der Waals surface area contributed by atoms with E-state index < -0.39 is 47.1 Å². The molecule has 2 unspecified atom stereocenters. The summed E-state index contributed by atoms with van der Waals surface area (Å²) in [6, 6.07) is 8.22. The number of aliphatic hydroxyl groups is 1. The third-order valence-corrected chi connectivity index (χ3v) is 10.2. The summed E-state index contributed by atoms with van der Waals surface area (Å²) in [5.41, 5.74) is -0.310. The number of epoxide rings is 1. The van der Waals surface area contributed by atoms with Gasteiger partial charge in [0.15, 0.2) is 34.9 Å². The minimum atomic E-state index is -1.25. The van der Waals surface area contributed by atoms with E-state index >= 15 is 8.78 Å². The first-order valence-corrected chi connectivity index (χ1v) is 16.5. The summed E-state index contributed by atoms with van der Waals surface area (Å²) in [4.78, 5) is 13.0. The molecule has 6 rings (SSSR count). The number of hydrogen-bond donors (Lipinski definition) is 1. The lowest BCUT2D eigenvalue weighted by atomic mass is 9.78. The zero-order chi connectivity index (χ0) is 33.4. The van der Waals surface area contributed by atoms with Crippen LogP contribution in [0.1, 0.15) is 117 Å². The molecule has 0 amide bonds. The Hall–Kier alpha value is -3.37. The molecule has 2 saturated carbocycles. The van der Waals surface area contributed by atoms with Gasteiger partial charge in [0, 0.05) is 22.3 Å². The van der Waals surface area contributed by atoms with E-state index in [4.69, 9.17) is 9.47 Å². The Morgan fingerprint density at radius 1 is 0.723 bits per heavy atom. The van der Waals surface area contributed by atoms with Gasteiger partial charge in [0.05, 0.1) is 18.6 Å². The largest absolute Gasteiger partial charge is 0.462 e. The Bertz CT molecular complexity index is 1620. The Kier molecular flexibility index (Phi) is 9.99. The van der Waals surface area contributed by atoms with Gasteiger partial charge < -0.3 is 14.6 Å². The summed E-state index contributed by atoms with van der Waals surface area (Å²) < 4.78 is 100. The fourth-order valence-electron chi connectivity index (χ4n) is 7.31. The first kappa shape index (κ1) is 33.5. The van der Waals surface area contributed by atoms with Gasteiger partial charge in [0.2, 0.25) is 0 Å². The number of aliphatic hydroxyl groups excluding tert-OH is 1. The maximum atomic E-state index is 15.3. The Labute approximate surface area is 270 Å². The monoisotopic (exact) mass is 660 g/mol. The molecule has 3 aromatic rings. The van der Waals surface area contributed by atoms with E-state index in [1.807, 2.05) is 6.92 Å². The molecule has 1 aliphatic heterocycles. The van der Waals surface area contributed by atoms with E-state index in [2.05, 4.69) is 0 Å². The third kappa shape index (κ3) is 6.81. The van der Waals surface area contributed by atoms with Crippen molar-refractivity contribution in [2.45, 2.75) is 101 Å². The van der Waals surface area contributed by atoms with Gasteiger partial charge in [-0.15, -0.1) is 0 Å². The van der Waals surface area contributed by atoms with Crippen molar-refractivity contribution in [2.75, 3.05) is 6.61 Å². The van der Waals surface area contributed by atoms with Crippen LogP contribution in [-0.4, -0.2) is 23.8 Å². The van der Waals surface area contributed by atoms with Gasteiger partial charge in [0.25, 0.3) is 0 Å². The van der Waals surface area contributed by atoms with E-state index in [0.717, 1.165) is 0 Å². The second-order valence-electron chi connectivity index (χ2n) is 13.1. The minimum absolute atomic E-state index is 0.0393. The van der Waals surface area contributed by atoms with E-state index in [9.17, 15) is 27.5 Å². The lowest BCUT2D eigenvalue weighted by molar-refractivity contribution is -0.157. The lowest BCUT2D eigenvalue weighted by Gasteiger charge is -2.32. The molecule has 10 heteroatoms. The van der Waals surface area contributed by atoms with Crippen LogP contribution in [0.2, 0.25) is 0 Å². The zero-order valence-corrected chi connectivity index (χ0v) is 26.1. The second kappa shape index (κ2) is 14.0. The molecule has 2 atom stereocenters. The van der Waals surface area contributed by atoms with Crippen LogP contribution in [0.5, 0.6) is 0 Å². The highest BCUT2D eigenvalue weighted by molar-refractivity contribution is 5.72. The smallest absolute Gasteiger partial charge is 0.309 e. The SMILES string of the molecule is CCCC(O)c1ccc(C2CCC(C(=O)OC3CCC(c4ccc(-c5ccc(C6CO6)c(F)c5F)c(F)c4F)CC3)CC2)c(F)c1F. The molecule has 1 N–H and O–H groups in total. The van der Waals surface area contributed by atoms with Gasteiger partial charge in [-0.2, -0.15) is 0 Å². The predicted octanol–water partition coefficient (Wildman–Crippen LogP) is 9.64. The van der Waals surface area contributed by atoms with Crippen molar-refractivity contribution >= 4 is 5.97 Å². The van der Waals surface area contributed by atoms with Gasteiger partial charge in [0.1, 0.15) is 12.2 Å². The molecule has 0 radical (unpaired) electrons. The number of carbonyl (C=O) groups excluding carboxylic acids is 1. The quantitative estimate of drug-likeness (QED) is 0.141. The molecule has 3 aromatic carbocycles. The summed E-state index contributed by atoms with van der Waals surface area (Å²) in [6.07, 6.45) is 2.78. The standard InChI is InChI=1S/C37H38F6O4/c1-2-3-29(44)27-16-13-24(32(39)35(27)42)19-4-6-21(7-5-19)37(45)47-22-10-8-20(9-11-22)23-12-14-25(33(40)31(23)38)26-15-17-28(30-18-46-30)36(43)34(26)41/h12-17,19-22,29-30,44H,2-11,18H2,1H3. The molecule has 1 heterocycles. The van der Waals surface area contributed by atoms with Crippen LogP contribution in [-0.2, 0) is 14.3 Å². The number of benzene rings is 3. The molecule has 0 spiro atoms. The van der Waals surface area contributed by atoms with Crippen LogP contribution >= 0.6 is 0 Å². The number of hydrogen-bond acceptors (Lipinski definition) is 4. The normalized spacial score (nSPS) is 25.0. The highest BCUT2D eigenvalue weighted by Gasteiger charge is 2.35. The van der Waals surface area contributed by atoms with Crippen molar-refractivity contribution < 1.29 is 45.7 Å². The fraction of sp³-hybridized carbons (Fsp3) is 0.486. The van der Waals surface area contributed by atoms with Crippen LogP contribution < -0.4 is 0 Å². The first-order chi connectivity index (χ1) is 22.6. The van der Waals surface area contributed by atoms with E-state index in [0.29, 0.717) is 64.2 Å². The highest BCUT2D eigenvalue weighted by Crippen LogP contribution is 2.42. The van der Waals surface area contributed by atoms with Crippen LogP contribution in [0.3, 0.4) is 0 Å². The number of esters is 1. The van der Waals surface area contributed by atoms with Crippen molar-refractivity contribution in [3.63, 3.8) is 0 Å². The van der Waals surface area contributed by atoms with E-state index in [-0.39, 0.29) is 69.8 Å². The summed E-state index contributed by atoms with van der Waals surface area (Å²) in [5, 5.41) is 10.1. The summed E-state index contributed by atoms with van der Waals surface area (Å²) in [7, 11) is 0. The van der Waals surface area contributed by atoms with Crippen LogP contribution in [0.15, 0.2) is 36.4 Å². The molecule has 47 heavy (non-hydrogen) atoms. The average Bonchev–Trinajstić information content (AvgIpc) is 3.91. The number of rotatable bonds is 9. The molecule has 4 nitrogen and oxygen atoms in total. The third-order valence-electron chi connectivity index (χ3n) is 10.2. The summed E-state index contributed by atoms with van der Waals surface area (Å²) in [5.74, 6) is -7.95. The average molecular weight is 661 g/mol. The molecule has 3 aliphatic rings. The van der Waals surface area contributed by atoms with E-state index in [1.165, 1.54) is 36.4 Å².